The van der Waals surface area contributed by atoms with Crippen molar-refractivity contribution in [1.82, 2.24) is 10.2 Å². The van der Waals surface area contributed by atoms with Crippen LogP contribution in [0.4, 0.5) is 5.69 Å². The highest BCUT2D eigenvalue weighted by atomic mass is 35.5. The number of anilines is 1. The van der Waals surface area contributed by atoms with E-state index in [0.717, 1.165) is 53.1 Å². The largest absolute Gasteiger partial charge is 0.495 e. The predicted octanol–water partition coefficient (Wildman–Crippen LogP) is 6.03. The van der Waals surface area contributed by atoms with E-state index >= 15 is 0 Å². The van der Waals surface area contributed by atoms with Gasteiger partial charge in [-0.3, -0.25) is 13.9 Å². The van der Waals surface area contributed by atoms with Crippen LogP contribution in [0, 0.1) is 13.8 Å². The Morgan fingerprint density at radius 3 is 2.14 bits per heavy atom. The Hall–Kier alpha value is -3.56. The molecule has 1 N–H and O–H groups in total. The highest BCUT2D eigenvalue weighted by Crippen LogP contribution is 2.32. The fraction of sp³-hybridized carbons (Fsp3) is 0.394. The summed E-state index contributed by atoms with van der Waals surface area (Å²) in [5.41, 5.74) is 3.00. The third-order valence-corrected chi connectivity index (χ3v) is 9.99. The standard InChI is InChI=1S/C33H40ClN3O5S/c1-23-10-14-26(15-11-23)21-36(25(3)33(39)35-27-8-6-5-7-9-27)32(38)22-37(28-16-19-31(42-4)30(34)20-28)43(40,41)29-17-12-24(2)13-18-29/h10-20,25,27H,5-9,21-22H2,1-4H3,(H,35,39)/t25-/m0/s1. The monoisotopic (exact) mass is 625 g/mol. The number of hydrogen-bond donors (Lipinski definition) is 1. The van der Waals surface area contributed by atoms with Crippen LogP contribution in [0.1, 0.15) is 55.7 Å². The maximum Gasteiger partial charge on any atom is 0.264 e. The predicted molar refractivity (Wildman–Crippen MR) is 170 cm³/mol. The lowest BCUT2D eigenvalue weighted by Gasteiger charge is -2.33. The van der Waals surface area contributed by atoms with E-state index in [1.807, 2.05) is 38.1 Å². The zero-order valence-electron chi connectivity index (χ0n) is 25.2. The molecule has 0 aliphatic heterocycles. The number of rotatable bonds is 11. The van der Waals surface area contributed by atoms with Crippen molar-refractivity contribution in [2.75, 3.05) is 18.0 Å². The number of hydrogen-bond acceptors (Lipinski definition) is 5. The second-order valence-corrected chi connectivity index (χ2v) is 13.4. The first-order valence-electron chi connectivity index (χ1n) is 14.6. The summed E-state index contributed by atoms with van der Waals surface area (Å²) in [6.45, 7) is 5.13. The minimum atomic E-state index is -4.20. The number of nitrogens with zero attached hydrogens (tertiary/aromatic N) is 2. The molecule has 3 aromatic rings. The SMILES string of the molecule is COc1ccc(N(CC(=O)N(Cc2ccc(C)cc2)[C@@H](C)C(=O)NC2CCCCC2)S(=O)(=O)c2ccc(C)cc2)cc1Cl. The van der Waals surface area contributed by atoms with E-state index in [1.54, 1.807) is 31.2 Å². The Kier molecular flexibility index (Phi) is 10.7. The van der Waals surface area contributed by atoms with Gasteiger partial charge in [-0.25, -0.2) is 8.42 Å². The number of carbonyl (C=O) groups is 2. The van der Waals surface area contributed by atoms with Gasteiger partial charge in [-0.15, -0.1) is 0 Å². The van der Waals surface area contributed by atoms with Gasteiger partial charge in [-0.1, -0.05) is 78.4 Å². The number of amides is 2. The van der Waals surface area contributed by atoms with Gasteiger partial charge in [0.1, 0.15) is 18.3 Å². The van der Waals surface area contributed by atoms with Gasteiger partial charge >= 0.3 is 0 Å². The Bertz CT molecular complexity index is 1520. The molecule has 1 atom stereocenters. The van der Waals surface area contributed by atoms with Crippen molar-refractivity contribution in [3.63, 3.8) is 0 Å². The summed E-state index contributed by atoms with van der Waals surface area (Å²) < 4.78 is 34.4. The molecule has 0 bridgehead atoms. The smallest absolute Gasteiger partial charge is 0.264 e. The minimum Gasteiger partial charge on any atom is -0.495 e. The third-order valence-electron chi connectivity index (χ3n) is 7.90. The van der Waals surface area contributed by atoms with Crippen LogP contribution in [0.3, 0.4) is 0 Å². The summed E-state index contributed by atoms with van der Waals surface area (Å²) in [6.07, 6.45) is 5.08. The van der Waals surface area contributed by atoms with Crippen molar-refractivity contribution >= 4 is 39.1 Å². The lowest BCUT2D eigenvalue weighted by Crippen LogP contribution is -2.53. The van der Waals surface area contributed by atoms with E-state index in [1.165, 1.54) is 30.2 Å². The number of halogens is 1. The van der Waals surface area contributed by atoms with E-state index in [4.69, 9.17) is 16.3 Å². The van der Waals surface area contributed by atoms with Crippen LogP contribution in [-0.4, -0.2) is 50.9 Å². The molecule has 0 unspecified atom stereocenters. The van der Waals surface area contributed by atoms with E-state index in [-0.39, 0.29) is 34.1 Å². The molecule has 1 aliphatic rings. The molecule has 0 radical (unpaired) electrons. The Morgan fingerprint density at radius 1 is 0.953 bits per heavy atom. The summed E-state index contributed by atoms with van der Waals surface area (Å²) in [5.74, 6) is -0.402. The molecular weight excluding hydrogens is 586 g/mol. The molecule has 1 fully saturated rings. The molecule has 4 rings (SSSR count). The number of methoxy groups -OCH3 is 1. The zero-order chi connectivity index (χ0) is 31.1. The van der Waals surface area contributed by atoms with Gasteiger partial charge in [-0.05, 0) is 69.5 Å². The van der Waals surface area contributed by atoms with Gasteiger partial charge in [0.2, 0.25) is 11.8 Å². The Morgan fingerprint density at radius 2 is 1.56 bits per heavy atom. The molecule has 2 amide bonds. The van der Waals surface area contributed by atoms with Crippen LogP contribution in [0.15, 0.2) is 71.6 Å². The van der Waals surface area contributed by atoms with Gasteiger partial charge < -0.3 is 15.0 Å². The van der Waals surface area contributed by atoms with Crippen molar-refractivity contribution in [2.45, 2.75) is 76.4 Å². The lowest BCUT2D eigenvalue weighted by atomic mass is 9.95. The first-order valence-corrected chi connectivity index (χ1v) is 16.4. The average molecular weight is 626 g/mol. The molecule has 0 aromatic heterocycles. The Labute approximate surface area is 260 Å². The zero-order valence-corrected chi connectivity index (χ0v) is 26.7. The fourth-order valence-electron chi connectivity index (χ4n) is 5.22. The maximum atomic E-state index is 14.2. The van der Waals surface area contributed by atoms with Crippen LogP contribution < -0.4 is 14.4 Å². The molecule has 230 valence electrons. The van der Waals surface area contributed by atoms with E-state index < -0.39 is 28.5 Å². The topological polar surface area (TPSA) is 96.0 Å². The normalized spacial score (nSPS) is 14.5. The van der Waals surface area contributed by atoms with Gasteiger partial charge in [0.15, 0.2) is 0 Å². The molecule has 3 aromatic carbocycles. The second kappa shape index (κ2) is 14.3. The van der Waals surface area contributed by atoms with Crippen LogP contribution in [0.2, 0.25) is 5.02 Å². The third kappa shape index (κ3) is 8.09. The van der Waals surface area contributed by atoms with Gasteiger partial charge in [0.05, 0.1) is 22.7 Å². The molecular formula is C33H40ClN3O5S. The van der Waals surface area contributed by atoms with Crippen molar-refractivity contribution < 1.29 is 22.7 Å². The summed E-state index contributed by atoms with van der Waals surface area (Å²) in [7, 11) is -2.73. The quantitative estimate of drug-likeness (QED) is 0.281. The highest BCUT2D eigenvalue weighted by molar-refractivity contribution is 7.92. The molecule has 0 spiro atoms. The van der Waals surface area contributed by atoms with Gasteiger partial charge in [0, 0.05) is 12.6 Å². The van der Waals surface area contributed by atoms with Crippen molar-refractivity contribution in [3.05, 3.63) is 88.4 Å². The van der Waals surface area contributed by atoms with Gasteiger partial charge in [-0.2, -0.15) is 0 Å². The van der Waals surface area contributed by atoms with E-state index in [0.29, 0.717) is 5.75 Å². The van der Waals surface area contributed by atoms with Gasteiger partial charge in [0.25, 0.3) is 10.0 Å². The number of aryl methyl sites for hydroxylation is 2. The summed E-state index contributed by atoms with van der Waals surface area (Å²) >= 11 is 6.40. The number of carbonyl (C=O) groups excluding carboxylic acids is 2. The number of benzene rings is 3. The lowest BCUT2D eigenvalue weighted by molar-refractivity contribution is -0.139. The fourth-order valence-corrected chi connectivity index (χ4v) is 6.88. The first-order chi connectivity index (χ1) is 20.5. The van der Waals surface area contributed by atoms with E-state index in [2.05, 4.69) is 5.32 Å². The summed E-state index contributed by atoms with van der Waals surface area (Å²) in [5, 5.41) is 3.32. The molecule has 8 nitrogen and oxygen atoms in total. The molecule has 0 saturated heterocycles. The van der Waals surface area contributed by atoms with Crippen LogP contribution in [0.25, 0.3) is 0 Å². The van der Waals surface area contributed by atoms with Crippen molar-refractivity contribution in [1.29, 1.82) is 0 Å². The van der Waals surface area contributed by atoms with Crippen LogP contribution in [-0.2, 0) is 26.2 Å². The first kappa shape index (κ1) is 32.4. The van der Waals surface area contributed by atoms with Crippen molar-refractivity contribution in [3.8, 4) is 5.75 Å². The summed E-state index contributed by atoms with van der Waals surface area (Å²) in [4.78, 5) is 29.1. The van der Waals surface area contributed by atoms with Crippen LogP contribution in [0.5, 0.6) is 5.75 Å². The minimum absolute atomic E-state index is 0.0333. The van der Waals surface area contributed by atoms with E-state index in [9.17, 15) is 18.0 Å². The maximum absolute atomic E-state index is 14.2. The molecule has 10 heteroatoms. The molecule has 1 saturated carbocycles. The van der Waals surface area contributed by atoms with Crippen molar-refractivity contribution in [2.24, 2.45) is 0 Å². The number of nitrogens with one attached hydrogen (secondary N) is 1. The average Bonchev–Trinajstić information content (AvgIpc) is 2.99. The molecule has 0 heterocycles. The molecule has 1 aliphatic carbocycles. The summed E-state index contributed by atoms with van der Waals surface area (Å²) in [6, 6.07) is 17.9. The number of sulfonamides is 1. The highest BCUT2D eigenvalue weighted by Gasteiger charge is 2.33. The second-order valence-electron chi connectivity index (χ2n) is 11.2. The van der Waals surface area contributed by atoms with Crippen LogP contribution >= 0.6 is 11.6 Å². The number of ether oxygens (including phenoxy) is 1. The Balaban J connectivity index is 1.70. The molecule has 43 heavy (non-hydrogen) atoms.